The average Bonchev–Trinajstić information content (AvgIpc) is 2.67. The number of amides is 1. The maximum absolute atomic E-state index is 13.9. The van der Waals surface area contributed by atoms with Crippen molar-refractivity contribution in [2.45, 2.75) is 12.8 Å². The zero-order valence-corrected chi connectivity index (χ0v) is 15.0. The summed E-state index contributed by atoms with van der Waals surface area (Å²) in [7, 11) is 0. The van der Waals surface area contributed by atoms with Gasteiger partial charge in [0.05, 0.1) is 12.2 Å². The second-order valence-electron chi connectivity index (χ2n) is 6.65. The lowest BCUT2D eigenvalue weighted by Crippen LogP contribution is -2.49. The normalized spacial score (nSPS) is 15.0. The molecule has 1 heterocycles. The molecule has 3 rings (SSSR count). The van der Waals surface area contributed by atoms with E-state index < -0.39 is 0 Å². The van der Waals surface area contributed by atoms with Gasteiger partial charge in [0.1, 0.15) is 5.82 Å². The van der Waals surface area contributed by atoms with Crippen LogP contribution >= 0.6 is 0 Å². The fourth-order valence-electron chi connectivity index (χ4n) is 3.28. The largest absolute Gasteiger partial charge is 0.367 e. The summed E-state index contributed by atoms with van der Waals surface area (Å²) in [6, 6.07) is 17.2. The molecule has 1 aliphatic heterocycles. The van der Waals surface area contributed by atoms with Gasteiger partial charge in [-0.1, -0.05) is 42.5 Å². The summed E-state index contributed by atoms with van der Waals surface area (Å²) >= 11 is 0. The highest BCUT2D eigenvalue weighted by Gasteiger charge is 2.20. The Balaban J connectivity index is 1.34. The van der Waals surface area contributed by atoms with Gasteiger partial charge in [0.2, 0.25) is 5.91 Å². The van der Waals surface area contributed by atoms with Gasteiger partial charge < -0.3 is 10.2 Å². The smallest absolute Gasteiger partial charge is 0.234 e. The van der Waals surface area contributed by atoms with Crippen molar-refractivity contribution in [3.63, 3.8) is 0 Å². The molecule has 0 bridgehead atoms. The van der Waals surface area contributed by atoms with Crippen molar-refractivity contribution in [3.8, 4) is 0 Å². The molecule has 0 spiro atoms. The standard InChI is InChI=1S/C21H26FN3O/c22-19-10-4-5-11-20(19)25-15-13-24(14-16-25)17-21(26)23-12-6-9-18-7-2-1-3-8-18/h1-5,7-8,10-11H,6,9,12-17H2,(H,23,26). The number of aryl methyl sites for hydroxylation is 1. The molecular weight excluding hydrogens is 329 g/mol. The van der Waals surface area contributed by atoms with Crippen LogP contribution in [0.15, 0.2) is 54.6 Å². The van der Waals surface area contributed by atoms with Crippen molar-refractivity contribution in [3.05, 3.63) is 66.0 Å². The van der Waals surface area contributed by atoms with E-state index in [1.165, 1.54) is 11.6 Å². The van der Waals surface area contributed by atoms with Crippen molar-refractivity contribution in [1.29, 1.82) is 0 Å². The molecule has 138 valence electrons. The van der Waals surface area contributed by atoms with Gasteiger partial charge in [-0.3, -0.25) is 9.69 Å². The SMILES string of the molecule is O=C(CN1CCN(c2ccccc2F)CC1)NCCCc1ccccc1. The molecule has 1 aliphatic rings. The Labute approximate surface area is 154 Å². The molecule has 5 heteroatoms. The molecule has 1 amide bonds. The van der Waals surface area contributed by atoms with Gasteiger partial charge >= 0.3 is 0 Å². The maximum Gasteiger partial charge on any atom is 0.234 e. The Bertz CT molecular complexity index is 699. The summed E-state index contributed by atoms with van der Waals surface area (Å²) in [4.78, 5) is 16.3. The molecule has 0 saturated carbocycles. The summed E-state index contributed by atoms with van der Waals surface area (Å²) < 4.78 is 13.9. The van der Waals surface area contributed by atoms with Crippen LogP contribution in [0.1, 0.15) is 12.0 Å². The number of nitrogens with zero attached hydrogens (tertiary/aromatic N) is 2. The van der Waals surface area contributed by atoms with Gasteiger partial charge in [-0.15, -0.1) is 0 Å². The van der Waals surface area contributed by atoms with E-state index in [0.717, 1.165) is 39.0 Å². The first-order valence-corrected chi connectivity index (χ1v) is 9.25. The molecule has 1 saturated heterocycles. The third-order valence-corrected chi connectivity index (χ3v) is 4.74. The number of hydrogen-bond donors (Lipinski definition) is 1. The topological polar surface area (TPSA) is 35.6 Å². The minimum absolute atomic E-state index is 0.0670. The van der Waals surface area contributed by atoms with Gasteiger partial charge in [0.25, 0.3) is 0 Å². The van der Waals surface area contributed by atoms with Crippen LogP contribution in [0.3, 0.4) is 0 Å². The fraction of sp³-hybridized carbons (Fsp3) is 0.381. The Morgan fingerprint density at radius 1 is 0.962 bits per heavy atom. The molecule has 26 heavy (non-hydrogen) atoms. The first-order chi connectivity index (χ1) is 12.7. The van der Waals surface area contributed by atoms with Crippen molar-refractivity contribution in [2.75, 3.05) is 44.2 Å². The van der Waals surface area contributed by atoms with Gasteiger partial charge in [0.15, 0.2) is 0 Å². The number of carbonyl (C=O) groups excluding carboxylic acids is 1. The summed E-state index contributed by atoms with van der Waals surface area (Å²) in [6.07, 6.45) is 1.92. The number of halogens is 1. The number of anilines is 1. The zero-order chi connectivity index (χ0) is 18.2. The Hall–Kier alpha value is -2.40. The predicted molar refractivity (Wildman–Crippen MR) is 103 cm³/mol. The van der Waals surface area contributed by atoms with Crippen LogP contribution in [-0.4, -0.2) is 50.1 Å². The summed E-state index contributed by atoms with van der Waals surface area (Å²) in [5.41, 5.74) is 1.95. The monoisotopic (exact) mass is 355 g/mol. The maximum atomic E-state index is 13.9. The second kappa shape index (κ2) is 9.34. The number of benzene rings is 2. The lowest BCUT2D eigenvalue weighted by molar-refractivity contribution is -0.122. The van der Waals surface area contributed by atoms with Crippen molar-refractivity contribution in [1.82, 2.24) is 10.2 Å². The third kappa shape index (κ3) is 5.30. The lowest BCUT2D eigenvalue weighted by Gasteiger charge is -2.35. The fourth-order valence-corrected chi connectivity index (χ4v) is 3.28. The molecule has 2 aromatic rings. The van der Waals surface area contributed by atoms with Crippen LogP contribution in [0.2, 0.25) is 0 Å². The van der Waals surface area contributed by atoms with Gasteiger partial charge in [-0.25, -0.2) is 4.39 Å². The average molecular weight is 355 g/mol. The number of piperazine rings is 1. The highest BCUT2D eigenvalue weighted by Crippen LogP contribution is 2.19. The second-order valence-corrected chi connectivity index (χ2v) is 6.65. The molecule has 1 fully saturated rings. The minimum Gasteiger partial charge on any atom is -0.367 e. The molecule has 0 aromatic heterocycles. The van der Waals surface area contributed by atoms with Crippen LogP contribution in [0.25, 0.3) is 0 Å². The van der Waals surface area contributed by atoms with E-state index in [2.05, 4.69) is 22.3 Å². The number of nitrogens with one attached hydrogen (secondary N) is 1. The van der Waals surface area contributed by atoms with Crippen molar-refractivity contribution >= 4 is 11.6 Å². The van der Waals surface area contributed by atoms with Crippen LogP contribution in [0, 0.1) is 5.82 Å². The van der Waals surface area contributed by atoms with E-state index in [0.29, 0.717) is 18.8 Å². The molecule has 1 N–H and O–H groups in total. The zero-order valence-electron chi connectivity index (χ0n) is 15.0. The predicted octanol–water partition coefficient (Wildman–Crippen LogP) is 2.70. The van der Waals surface area contributed by atoms with E-state index in [4.69, 9.17) is 0 Å². The van der Waals surface area contributed by atoms with Crippen molar-refractivity contribution in [2.24, 2.45) is 0 Å². The molecule has 0 unspecified atom stereocenters. The lowest BCUT2D eigenvalue weighted by atomic mass is 10.1. The highest BCUT2D eigenvalue weighted by molar-refractivity contribution is 5.78. The Kier molecular flexibility index (Phi) is 6.61. The van der Waals surface area contributed by atoms with Gasteiger partial charge in [-0.05, 0) is 30.5 Å². The van der Waals surface area contributed by atoms with E-state index in [1.807, 2.05) is 35.2 Å². The van der Waals surface area contributed by atoms with Crippen LogP contribution in [0.5, 0.6) is 0 Å². The molecule has 4 nitrogen and oxygen atoms in total. The molecule has 0 atom stereocenters. The highest BCUT2D eigenvalue weighted by atomic mass is 19.1. The van der Waals surface area contributed by atoms with E-state index in [1.54, 1.807) is 6.07 Å². The van der Waals surface area contributed by atoms with E-state index >= 15 is 0 Å². The quantitative estimate of drug-likeness (QED) is 0.776. The Morgan fingerprint density at radius 3 is 2.38 bits per heavy atom. The third-order valence-electron chi connectivity index (χ3n) is 4.74. The molecule has 2 aromatic carbocycles. The summed E-state index contributed by atoms with van der Waals surface area (Å²) in [6.45, 7) is 4.13. The number of carbonyl (C=O) groups is 1. The number of hydrogen-bond acceptors (Lipinski definition) is 3. The Morgan fingerprint density at radius 2 is 1.65 bits per heavy atom. The molecule has 0 aliphatic carbocycles. The number of rotatable bonds is 7. The molecule has 0 radical (unpaired) electrons. The number of para-hydroxylation sites is 1. The van der Waals surface area contributed by atoms with Crippen LogP contribution in [-0.2, 0) is 11.2 Å². The van der Waals surface area contributed by atoms with Crippen molar-refractivity contribution < 1.29 is 9.18 Å². The van der Waals surface area contributed by atoms with Crippen LogP contribution < -0.4 is 10.2 Å². The van der Waals surface area contributed by atoms with Crippen LogP contribution in [0.4, 0.5) is 10.1 Å². The minimum atomic E-state index is -0.183. The summed E-state index contributed by atoms with van der Waals surface area (Å²) in [5.74, 6) is -0.116. The van der Waals surface area contributed by atoms with E-state index in [9.17, 15) is 9.18 Å². The first kappa shape index (κ1) is 18.4. The molecular formula is C21H26FN3O. The van der Waals surface area contributed by atoms with Gasteiger partial charge in [0, 0.05) is 32.7 Å². The summed E-state index contributed by atoms with van der Waals surface area (Å²) in [5, 5.41) is 3.00. The first-order valence-electron chi connectivity index (χ1n) is 9.25. The van der Waals surface area contributed by atoms with E-state index in [-0.39, 0.29) is 11.7 Å². The van der Waals surface area contributed by atoms with Gasteiger partial charge in [-0.2, -0.15) is 0 Å².